The molecule has 0 amide bonds. The predicted octanol–water partition coefficient (Wildman–Crippen LogP) is 0.00520. The van der Waals surface area contributed by atoms with E-state index in [-0.39, 0.29) is 43.4 Å². The third kappa shape index (κ3) is 5.23. The van der Waals surface area contributed by atoms with E-state index in [0.717, 1.165) is 0 Å². The number of aliphatic hydroxyl groups is 2. The number of rotatable bonds is 8. The smallest absolute Gasteiger partial charge is 0.396 e. The quantitative estimate of drug-likeness (QED) is 0.239. The first-order valence-corrected chi connectivity index (χ1v) is 13.4. The van der Waals surface area contributed by atoms with Crippen molar-refractivity contribution in [2.24, 2.45) is 11.8 Å². The number of phosphoric ester groups is 1. The highest BCUT2D eigenvalue weighted by Crippen LogP contribution is 2.51. The van der Waals surface area contributed by atoms with Gasteiger partial charge >= 0.3 is 13.5 Å². The van der Waals surface area contributed by atoms with E-state index in [2.05, 4.69) is 19.9 Å². The zero-order valence-electron chi connectivity index (χ0n) is 19.8. The molecule has 0 aliphatic heterocycles. The Morgan fingerprint density at radius 1 is 1.08 bits per heavy atom. The fraction of sp³-hybridized carbons (Fsp3) is 0.571. The average Bonchev–Trinajstić information content (AvgIpc) is 3.54. The summed E-state index contributed by atoms with van der Waals surface area (Å²) in [6.07, 6.45) is 4.20. The van der Waals surface area contributed by atoms with E-state index in [1.54, 1.807) is 10.9 Å². The number of nitrogens with two attached hydrogens (primary N) is 2. The molecule has 37 heavy (non-hydrogen) atoms. The summed E-state index contributed by atoms with van der Waals surface area (Å²) in [7, 11) is -4.53. The molecule has 3 aromatic heterocycles. The Balaban J connectivity index is 1.21. The topological polar surface area (TPSA) is 227 Å². The SMILES string of the molecule is Nc1ccn([C@@H]2C[C@H](COP(=O)(O)O[C@H]3C[C@H](n4cnc5c(N)ncnc54)C[C@@H]3CO)[C@@H](O)C2)c(=O)n1. The van der Waals surface area contributed by atoms with E-state index in [1.165, 1.54) is 23.2 Å². The summed E-state index contributed by atoms with van der Waals surface area (Å²) in [5, 5.41) is 20.3. The normalized spacial score (nSPS) is 29.6. The minimum Gasteiger partial charge on any atom is -0.396 e. The van der Waals surface area contributed by atoms with Gasteiger partial charge in [-0.05, 0) is 31.7 Å². The molecule has 0 radical (unpaired) electrons. The van der Waals surface area contributed by atoms with Crippen LogP contribution in [0.5, 0.6) is 0 Å². The number of aliphatic hydroxyl groups excluding tert-OH is 2. The number of phosphoric acid groups is 1. The fourth-order valence-electron chi connectivity index (χ4n) is 5.32. The summed E-state index contributed by atoms with van der Waals surface area (Å²) in [5.74, 6) is -0.564. The third-order valence-corrected chi connectivity index (χ3v) is 8.23. The van der Waals surface area contributed by atoms with Gasteiger partial charge in [0.05, 0.1) is 25.1 Å². The number of aromatic nitrogens is 6. The molecule has 2 aliphatic carbocycles. The fourth-order valence-corrected chi connectivity index (χ4v) is 6.36. The molecule has 3 heterocycles. The van der Waals surface area contributed by atoms with Crippen LogP contribution in [-0.2, 0) is 13.6 Å². The van der Waals surface area contributed by atoms with Crippen molar-refractivity contribution >= 4 is 30.6 Å². The second kappa shape index (κ2) is 10.1. The average molecular weight is 536 g/mol. The van der Waals surface area contributed by atoms with E-state index in [4.69, 9.17) is 20.5 Å². The number of nitrogen functional groups attached to an aromatic ring is 2. The molecule has 0 spiro atoms. The number of nitrogens with zero attached hydrogens (tertiary/aromatic N) is 6. The highest BCUT2D eigenvalue weighted by molar-refractivity contribution is 7.47. The first-order chi connectivity index (χ1) is 17.6. The molecule has 0 saturated heterocycles. The summed E-state index contributed by atoms with van der Waals surface area (Å²) < 4.78 is 26.7. The van der Waals surface area contributed by atoms with Crippen LogP contribution in [0.1, 0.15) is 37.8 Å². The van der Waals surface area contributed by atoms with Gasteiger partial charge in [-0.25, -0.2) is 24.3 Å². The number of imidazole rings is 1. The van der Waals surface area contributed by atoms with Gasteiger partial charge in [0.1, 0.15) is 17.7 Å². The highest BCUT2D eigenvalue weighted by atomic mass is 31.2. The highest BCUT2D eigenvalue weighted by Gasteiger charge is 2.42. The van der Waals surface area contributed by atoms with Crippen molar-refractivity contribution in [1.29, 1.82) is 0 Å². The van der Waals surface area contributed by atoms with Gasteiger partial charge in [-0.15, -0.1) is 0 Å². The van der Waals surface area contributed by atoms with Gasteiger partial charge in [-0.2, -0.15) is 4.98 Å². The Labute approximate surface area is 210 Å². The molecular weight excluding hydrogens is 507 g/mol. The number of hydrogen-bond acceptors (Lipinski definition) is 12. The van der Waals surface area contributed by atoms with Crippen molar-refractivity contribution in [1.82, 2.24) is 29.1 Å². The second-order valence-electron chi connectivity index (χ2n) is 9.55. The Morgan fingerprint density at radius 3 is 2.59 bits per heavy atom. The van der Waals surface area contributed by atoms with Gasteiger partial charge in [0, 0.05) is 36.7 Å². The molecule has 2 aliphatic rings. The maximum atomic E-state index is 12.8. The standard InChI is InChI=1S/C21H29N8O7P/c22-17-1-2-28(21(32)27-17)13-4-12(15(31)5-13)8-35-37(33,34)36-16-6-14(3-11(16)7-30)29-10-26-18-19(23)24-9-25-20(18)29/h1-2,9-16,30-31H,3-8H2,(H,33,34)(H2,22,27,32)(H2,23,24,25)/t11-,12-,13-,14-,15+,16+/m1/s1. The maximum Gasteiger partial charge on any atom is 0.472 e. The molecule has 7 atom stereocenters. The van der Waals surface area contributed by atoms with Crippen molar-refractivity contribution in [3.8, 4) is 0 Å². The summed E-state index contributed by atoms with van der Waals surface area (Å²) in [5.41, 5.74) is 11.8. The number of anilines is 2. The van der Waals surface area contributed by atoms with Gasteiger partial charge in [0.25, 0.3) is 0 Å². The first kappa shape index (κ1) is 25.7. The molecule has 15 nitrogen and oxygen atoms in total. The van der Waals surface area contributed by atoms with Crippen molar-refractivity contribution in [2.75, 3.05) is 24.7 Å². The molecule has 5 rings (SSSR count). The zero-order valence-corrected chi connectivity index (χ0v) is 20.7. The molecule has 0 aromatic carbocycles. The number of hydrogen-bond donors (Lipinski definition) is 5. The lowest BCUT2D eigenvalue weighted by molar-refractivity contribution is 0.0428. The van der Waals surface area contributed by atoms with Gasteiger partial charge < -0.3 is 31.1 Å². The van der Waals surface area contributed by atoms with Crippen LogP contribution < -0.4 is 17.2 Å². The van der Waals surface area contributed by atoms with Crippen molar-refractivity contribution in [3.63, 3.8) is 0 Å². The summed E-state index contributed by atoms with van der Waals surface area (Å²) in [6.45, 7) is -0.497. The van der Waals surface area contributed by atoms with E-state index in [1.807, 2.05) is 0 Å². The summed E-state index contributed by atoms with van der Waals surface area (Å²) in [4.78, 5) is 38.7. The molecule has 2 saturated carbocycles. The molecule has 1 unspecified atom stereocenters. The van der Waals surface area contributed by atoms with Gasteiger partial charge in [0.15, 0.2) is 11.5 Å². The van der Waals surface area contributed by atoms with Crippen LogP contribution in [0.25, 0.3) is 11.2 Å². The first-order valence-electron chi connectivity index (χ1n) is 11.9. The van der Waals surface area contributed by atoms with Gasteiger partial charge in [0.2, 0.25) is 0 Å². The second-order valence-corrected chi connectivity index (χ2v) is 11.0. The molecule has 16 heteroatoms. The monoisotopic (exact) mass is 536 g/mol. The maximum absolute atomic E-state index is 12.8. The van der Waals surface area contributed by atoms with E-state index in [9.17, 15) is 24.5 Å². The van der Waals surface area contributed by atoms with Crippen LogP contribution in [0.2, 0.25) is 0 Å². The van der Waals surface area contributed by atoms with E-state index >= 15 is 0 Å². The van der Waals surface area contributed by atoms with Crippen LogP contribution >= 0.6 is 7.82 Å². The predicted molar refractivity (Wildman–Crippen MR) is 130 cm³/mol. The zero-order chi connectivity index (χ0) is 26.3. The minimum atomic E-state index is -4.53. The van der Waals surface area contributed by atoms with Crippen molar-refractivity contribution in [3.05, 3.63) is 35.4 Å². The van der Waals surface area contributed by atoms with Crippen LogP contribution in [0.3, 0.4) is 0 Å². The molecular formula is C21H29N8O7P. The molecule has 3 aromatic rings. The molecule has 2 fully saturated rings. The number of fused-ring (bicyclic) bond motifs is 1. The molecule has 0 bridgehead atoms. The Morgan fingerprint density at radius 2 is 1.84 bits per heavy atom. The minimum absolute atomic E-state index is 0.104. The lowest BCUT2D eigenvalue weighted by Crippen LogP contribution is -2.26. The van der Waals surface area contributed by atoms with Crippen molar-refractivity contribution < 1.29 is 28.7 Å². The van der Waals surface area contributed by atoms with Gasteiger partial charge in [-0.1, -0.05) is 0 Å². The summed E-state index contributed by atoms with van der Waals surface area (Å²) in [6, 6.07) is 0.944. The Kier molecular flexibility index (Phi) is 7.00. The third-order valence-electron chi connectivity index (χ3n) is 7.22. The van der Waals surface area contributed by atoms with Crippen LogP contribution in [0.4, 0.5) is 11.6 Å². The largest absolute Gasteiger partial charge is 0.472 e. The van der Waals surface area contributed by atoms with Crippen LogP contribution in [0, 0.1) is 11.8 Å². The van der Waals surface area contributed by atoms with Crippen LogP contribution in [0.15, 0.2) is 29.7 Å². The molecule has 7 N–H and O–H groups in total. The van der Waals surface area contributed by atoms with Gasteiger partial charge in [-0.3, -0.25) is 13.6 Å². The summed E-state index contributed by atoms with van der Waals surface area (Å²) >= 11 is 0. The van der Waals surface area contributed by atoms with Crippen LogP contribution in [-0.4, -0.2) is 69.6 Å². The Hall–Kier alpha value is -2.94. The lowest BCUT2D eigenvalue weighted by atomic mass is 10.1. The van der Waals surface area contributed by atoms with E-state index < -0.39 is 37.6 Å². The van der Waals surface area contributed by atoms with Crippen molar-refractivity contribution in [2.45, 2.75) is 50.0 Å². The van der Waals surface area contributed by atoms with E-state index in [0.29, 0.717) is 30.4 Å². The lowest BCUT2D eigenvalue weighted by Gasteiger charge is -2.22. The Bertz CT molecular complexity index is 1380. The molecule has 200 valence electrons.